The summed E-state index contributed by atoms with van der Waals surface area (Å²) in [7, 11) is -4.14. The smallest absolute Gasteiger partial charge is 0.264 e. The number of anilines is 1. The molecule has 40 heavy (non-hydrogen) atoms. The van der Waals surface area contributed by atoms with Crippen molar-refractivity contribution >= 4 is 39.1 Å². The number of hydrogen-bond acceptors (Lipinski definition) is 4. The standard InChI is InChI=1S/C31H38ClN3O4S/c1-5-7-19-33-31(37)29(6-2)34(21-25-13-11-23(3)12-14-25)30(36)22-35(27-10-8-9-24(4)20-27)40(38,39)28-17-15-26(32)16-18-28/h8-18,20,29H,5-7,19,21-22H2,1-4H3,(H,33,37)/t29-/m0/s1. The van der Waals surface area contributed by atoms with Gasteiger partial charge in [0.1, 0.15) is 12.6 Å². The molecule has 0 saturated heterocycles. The second kappa shape index (κ2) is 14.3. The van der Waals surface area contributed by atoms with Crippen LogP contribution in [-0.2, 0) is 26.2 Å². The van der Waals surface area contributed by atoms with Gasteiger partial charge in [-0.3, -0.25) is 13.9 Å². The highest BCUT2D eigenvalue weighted by atomic mass is 35.5. The van der Waals surface area contributed by atoms with E-state index in [0.29, 0.717) is 23.7 Å². The number of aryl methyl sites for hydroxylation is 2. The minimum Gasteiger partial charge on any atom is -0.354 e. The van der Waals surface area contributed by atoms with Crippen molar-refractivity contribution in [3.05, 3.63) is 94.5 Å². The van der Waals surface area contributed by atoms with Crippen LogP contribution in [0, 0.1) is 13.8 Å². The van der Waals surface area contributed by atoms with E-state index in [9.17, 15) is 18.0 Å². The minimum absolute atomic E-state index is 0.0145. The highest BCUT2D eigenvalue weighted by Crippen LogP contribution is 2.26. The van der Waals surface area contributed by atoms with Crippen LogP contribution in [0.2, 0.25) is 5.02 Å². The van der Waals surface area contributed by atoms with Gasteiger partial charge in [0.05, 0.1) is 10.6 Å². The number of benzene rings is 3. The molecule has 3 rings (SSSR count). The molecule has 0 aliphatic rings. The van der Waals surface area contributed by atoms with Gasteiger partial charge >= 0.3 is 0 Å². The lowest BCUT2D eigenvalue weighted by Crippen LogP contribution is -2.52. The Hall–Kier alpha value is -3.36. The van der Waals surface area contributed by atoms with Crippen molar-refractivity contribution in [2.75, 3.05) is 17.4 Å². The van der Waals surface area contributed by atoms with Gasteiger partial charge in [-0.15, -0.1) is 0 Å². The van der Waals surface area contributed by atoms with Crippen molar-refractivity contribution in [1.29, 1.82) is 0 Å². The van der Waals surface area contributed by atoms with Crippen LogP contribution in [0.1, 0.15) is 49.8 Å². The van der Waals surface area contributed by atoms with Gasteiger partial charge in [-0.25, -0.2) is 8.42 Å². The number of amides is 2. The SMILES string of the molecule is CCCCNC(=O)[C@H](CC)N(Cc1ccc(C)cc1)C(=O)CN(c1cccc(C)c1)S(=O)(=O)c1ccc(Cl)cc1. The van der Waals surface area contributed by atoms with E-state index in [-0.39, 0.29) is 17.3 Å². The van der Waals surface area contributed by atoms with Crippen LogP contribution >= 0.6 is 11.6 Å². The maximum absolute atomic E-state index is 14.1. The predicted octanol–water partition coefficient (Wildman–Crippen LogP) is 5.88. The molecule has 0 unspecified atom stereocenters. The quantitative estimate of drug-likeness (QED) is 0.255. The Morgan fingerprint density at radius 3 is 2.20 bits per heavy atom. The fraction of sp³-hybridized carbons (Fsp3) is 0.355. The molecule has 0 heterocycles. The Kier molecular flexibility index (Phi) is 11.2. The van der Waals surface area contributed by atoms with E-state index in [1.165, 1.54) is 29.2 Å². The second-order valence-corrected chi connectivity index (χ2v) is 12.2. The van der Waals surface area contributed by atoms with Crippen molar-refractivity contribution in [2.24, 2.45) is 0 Å². The summed E-state index contributed by atoms with van der Waals surface area (Å²) in [4.78, 5) is 28.8. The number of rotatable bonds is 13. The Labute approximate surface area is 243 Å². The average molecular weight is 584 g/mol. The monoisotopic (exact) mass is 583 g/mol. The number of unbranched alkanes of at least 4 members (excludes halogenated alkanes) is 1. The first-order valence-corrected chi connectivity index (χ1v) is 15.4. The number of halogens is 1. The van der Waals surface area contributed by atoms with Gasteiger partial charge in [0, 0.05) is 18.1 Å². The van der Waals surface area contributed by atoms with Crippen LogP contribution in [0.5, 0.6) is 0 Å². The number of sulfonamides is 1. The maximum atomic E-state index is 14.1. The lowest BCUT2D eigenvalue weighted by Gasteiger charge is -2.33. The third kappa shape index (κ3) is 8.08. The van der Waals surface area contributed by atoms with E-state index < -0.39 is 28.5 Å². The first kappa shape index (κ1) is 31.2. The van der Waals surface area contributed by atoms with Crippen molar-refractivity contribution in [3.8, 4) is 0 Å². The zero-order valence-corrected chi connectivity index (χ0v) is 25.1. The second-order valence-electron chi connectivity index (χ2n) is 9.88. The molecule has 1 N–H and O–H groups in total. The molecule has 7 nitrogen and oxygen atoms in total. The summed E-state index contributed by atoms with van der Waals surface area (Å²) in [6.45, 7) is 7.93. The van der Waals surface area contributed by atoms with E-state index in [1.807, 2.05) is 58.0 Å². The number of carbonyl (C=O) groups is 2. The molecule has 2 amide bonds. The Bertz CT molecular complexity index is 1390. The molecule has 0 aliphatic heterocycles. The van der Waals surface area contributed by atoms with Gasteiger partial charge in [0.25, 0.3) is 10.0 Å². The van der Waals surface area contributed by atoms with Gasteiger partial charge in [-0.2, -0.15) is 0 Å². The van der Waals surface area contributed by atoms with E-state index in [1.54, 1.807) is 18.2 Å². The topological polar surface area (TPSA) is 86.8 Å². The van der Waals surface area contributed by atoms with Gasteiger partial charge in [0.15, 0.2) is 0 Å². The predicted molar refractivity (Wildman–Crippen MR) is 161 cm³/mol. The summed E-state index contributed by atoms with van der Waals surface area (Å²) in [6, 6.07) is 19.8. The zero-order valence-electron chi connectivity index (χ0n) is 23.6. The fourth-order valence-corrected chi connectivity index (χ4v) is 5.89. The number of nitrogens with one attached hydrogen (secondary N) is 1. The molecule has 0 aliphatic carbocycles. The highest BCUT2D eigenvalue weighted by molar-refractivity contribution is 7.92. The van der Waals surface area contributed by atoms with Gasteiger partial charge in [0.2, 0.25) is 11.8 Å². The Balaban J connectivity index is 2.03. The Morgan fingerprint density at radius 1 is 0.925 bits per heavy atom. The van der Waals surface area contributed by atoms with E-state index in [4.69, 9.17) is 11.6 Å². The third-order valence-electron chi connectivity index (χ3n) is 6.66. The molecule has 214 valence electrons. The lowest BCUT2D eigenvalue weighted by molar-refractivity contribution is -0.140. The van der Waals surface area contributed by atoms with Crippen molar-refractivity contribution in [1.82, 2.24) is 10.2 Å². The van der Waals surface area contributed by atoms with Crippen molar-refractivity contribution < 1.29 is 18.0 Å². The molecule has 3 aromatic rings. The normalized spacial score (nSPS) is 12.0. The summed E-state index contributed by atoms with van der Waals surface area (Å²) in [5.74, 6) is -0.726. The fourth-order valence-electron chi connectivity index (χ4n) is 4.36. The largest absolute Gasteiger partial charge is 0.354 e. The summed E-state index contributed by atoms with van der Waals surface area (Å²) in [6.07, 6.45) is 2.13. The molecular formula is C31H38ClN3O4S. The summed E-state index contributed by atoms with van der Waals surface area (Å²) >= 11 is 6.01. The summed E-state index contributed by atoms with van der Waals surface area (Å²) < 4.78 is 28.9. The molecule has 1 atom stereocenters. The van der Waals surface area contributed by atoms with Crippen molar-refractivity contribution in [3.63, 3.8) is 0 Å². The van der Waals surface area contributed by atoms with Gasteiger partial charge < -0.3 is 10.2 Å². The van der Waals surface area contributed by atoms with Crippen molar-refractivity contribution in [2.45, 2.75) is 64.4 Å². The lowest BCUT2D eigenvalue weighted by atomic mass is 10.1. The number of nitrogens with zero attached hydrogens (tertiary/aromatic N) is 2. The summed E-state index contributed by atoms with van der Waals surface area (Å²) in [5.41, 5.74) is 3.13. The average Bonchev–Trinajstić information content (AvgIpc) is 2.93. The number of carbonyl (C=O) groups excluding carboxylic acids is 2. The molecule has 0 aromatic heterocycles. The maximum Gasteiger partial charge on any atom is 0.264 e. The highest BCUT2D eigenvalue weighted by Gasteiger charge is 2.33. The van der Waals surface area contributed by atoms with Crippen LogP contribution in [-0.4, -0.2) is 44.3 Å². The molecular weight excluding hydrogens is 546 g/mol. The van der Waals surface area contributed by atoms with E-state index in [2.05, 4.69) is 5.32 Å². The first-order valence-electron chi connectivity index (χ1n) is 13.5. The summed E-state index contributed by atoms with van der Waals surface area (Å²) in [5, 5.41) is 3.35. The molecule has 0 fully saturated rings. The van der Waals surface area contributed by atoms with E-state index >= 15 is 0 Å². The van der Waals surface area contributed by atoms with Crippen LogP contribution in [0.25, 0.3) is 0 Å². The van der Waals surface area contributed by atoms with Crippen LogP contribution in [0.3, 0.4) is 0 Å². The number of hydrogen-bond donors (Lipinski definition) is 1. The van der Waals surface area contributed by atoms with Crippen LogP contribution in [0.15, 0.2) is 77.7 Å². The van der Waals surface area contributed by atoms with Crippen LogP contribution < -0.4 is 9.62 Å². The molecule has 9 heteroatoms. The molecule has 0 spiro atoms. The molecule has 0 saturated carbocycles. The molecule has 0 bridgehead atoms. The Morgan fingerprint density at radius 2 is 1.60 bits per heavy atom. The first-order chi connectivity index (χ1) is 19.1. The zero-order chi connectivity index (χ0) is 29.3. The van der Waals surface area contributed by atoms with Gasteiger partial charge in [-0.05, 0) is 74.2 Å². The molecule has 3 aromatic carbocycles. The third-order valence-corrected chi connectivity index (χ3v) is 8.70. The molecule has 0 radical (unpaired) electrons. The van der Waals surface area contributed by atoms with E-state index in [0.717, 1.165) is 33.8 Å². The van der Waals surface area contributed by atoms with Gasteiger partial charge in [-0.1, -0.05) is 73.8 Å². The minimum atomic E-state index is -4.14. The van der Waals surface area contributed by atoms with Crippen LogP contribution in [0.4, 0.5) is 5.69 Å².